The van der Waals surface area contributed by atoms with Crippen LogP contribution in [0.3, 0.4) is 0 Å². The molecule has 0 heterocycles. The number of nitrogens with one attached hydrogen (secondary N) is 2. The minimum atomic E-state index is -0.309. The van der Waals surface area contributed by atoms with Gasteiger partial charge in [-0.1, -0.05) is 44.7 Å². The van der Waals surface area contributed by atoms with E-state index in [9.17, 15) is 4.79 Å². The van der Waals surface area contributed by atoms with Crippen LogP contribution in [0.15, 0.2) is 61.2 Å². The molecule has 0 unspecified atom stereocenters. The number of amides is 1. The Balaban J connectivity index is 1.95. The highest BCUT2D eigenvalue weighted by atomic mass is 32.1. The predicted octanol–water partition coefficient (Wildman–Crippen LogP) is 4.80. The molecule has 28 heavy (non-hydrogen) atoms. The molecule has 2 aromatic carbocycles. The van der Waals surface area contributed by atoms with Crippen LogP contribution in [0.4, 0.5) is 5.69 Å². The SMILES string of the molecule is C=CCOc1ccccc1NC(=S)NC(=O)c1cccc(OCCC(C)C)c1. The van der Waals surface area contributed by atoms with E-state index in [4.69, 9.17) is 21.7 Å². The summed E-state index contributed by atoms with van der Waals surface area (Å²) in [6, 6.07) is 14.4. The molecular weight excluding hydrogens is 372 g/mol. The maximum atomic E-state index is 12.5. The summed E-state index contributed by atoms with van der Waals surface area (Å²) < 4.78 is 11.3. The summed E-state index contributed by atoms with van der Waals surface area (Å²) in [5.74, 6) is 1.54. The van der Waals surface area contributed by atoms with Crippen molar-refractivity contribution in [1.29, 1.82) is 0 Å². The second-order valence-electron chi connectivity index (χ2n) is 6.56. The minimum absolute atomic E-state index is 0.186. The Labute approximate surface area is 171 Å². The highest BCUT2D eigenvalue weighted by molar-refractivity contribution is 7.80. The molecule has 0 aliphatic carbocycles. The van der Waals surface area contributed by atoms with Gasteiger partial charge >= 0.3 is 0 Å². The first kappa shape index (κ1) is 21.4. The Bertz CT molecular complexity index is 821. The molecule has 0 aliphatic rings. The quantitative estimate of drug-likeness (QED) is 0.469. The average molecular weight is 399 g/mol. The van der Waals surface area contributed by atoms with Gasteiger partial charge in [0.15, 0.2) is 5.11 Å². The van der Waals surface area contributed by atoms with Crippen LogP contribution >= 0.6 is 12.2 Å². The van der Waals surface area contributed by atoms with Gasteiger partial charge in [-0.05, 0) is 54.9 Å². The maximum absolute atomic E-state index is 12.5. The zero-order valence-electron chi connectivity index (χ0n) is 16.2. The van der Waals surface area contributed by atoms with Crippen LogP contribution in [0.25, 0.3) is 0 Å². The molecule has 0 fully saturated rings. The first-order chi connectivity index (χ1) is 13.5. The van der Waals surface area contributed by atoms with Gasteiger partial charge in [-0.15, -0.1) is 0 Å². The fourth-order valence-corrected chi connectivity index (χ4v) is 2.52. The van der Waals surface area contributed by atoms with Gasteiger partial charge in [0.2, 0.25) is 0 Å². The Kier molecular flexibility index (Phi) is 8.49. The summed E-state index contributed by atoms with van der Waals surface area (Å²) in [5, 5.41) is 5.86. The van der Waals surface area contributed by atoms with E-state index >= 15 is 0 Å². The van der Waals surface area contributed by atoms with Gasteiger partial charge in [-0.2, -0.15) is 0 Å². The molecule has 0 saturated carbocycles. The normalized spacial score (nSPS) is 10.2. The molecule has 0 spiro atoms. The third kappa shape index (κ3) is 7.04. The van der Waals surface area contributed by atoms with Crippen molar-refractivity contribution in [2.75, 3.05) is 18.5 Å². The lowest BCUT2D eigenvalue weighted by Gasteiger charge is -2.14. The summed E-state index contributed by atoms with van der Waals surface area (Å²) >= 11 is 5.27. The van der Waals surface area contributed by atoms with Gasteiger partial charge < -0.3 is 14.8 Å². The number of carbonyl (C=O) groups is 1. The summed E-state index contributed by atoms with van der Waals surface area (Å²) in [5.41, 5.74) is 1.14. The molecular formula is C22H26N2O3S. The molecule has 2 rings (SSSR count). The van der Waals surface area contributed by atoms with Crippen molar-refractivity contribution in [3.05, 3.63) is 66.7 Å². The number of ether oxygens (including phenoxy) is 2. The summed E-state index contributed by atoms with van der Waals surface area (Å²) in [6.07, 6.45) is 2.62. The molecule has 0 radical (unpaired) electrons. The van der Waals surface area contributed by atoms with Crippen LogP contribution in [0.2, 0.25) is 0 Å². The maximum Gasteiger partial charge on any atom is 0.257 e. The van der Waals surface area contributed by atoms with E-state index in [0.717, 1.165) is 6.42 Å². The van der Waals surface area contributed by atoms with E-state index in [2.05, 4.69) is 31.1 Å². The monoisotopic (exact) mass is 398 g/mol. The van der Waals surface area contributed by atoms with Crippen molar-refractivity contribution in [3.63, 3.8) is 0 Å². The molecule has 5 nitrogen and oxygen atoms in total. The largest absolute Gasteiger partial charge is 0.494 e. The van der Waals surface area contributed by atoms with E-state index < -0.39 is 0 Å². The number of hydrogen-bond acceptors (Lipinski definition) is 4. The number of hydrogen-bond donors (Lipinski definition) is 2. The van der Waals surface area contributed by atoms with Crippen molar-refractivity contribution in [1.82, 2.24) is 5.32 Å². The van der Waals surface area contributed by atoms with Gasteiger partial charge in [-0.3, -0.25) is 10.1 Å². The van der Waals surface area contributed by atoms with E-state index in [1.807, 2.05) is 30.3 Å². The zero-order valence-corrected chi connectivity index (χ0v) is 17.1. The Hall–Kier alpha value is -2.86. The lowest BCUT2D eigenvalue weighted by molar-refractivity contribution is 0.0977. The van der Waals surface area contributed by atoms with Gasteiger partial charge in [0.05, 0.1) is 12.3 Å². The topological polar surface area (TPSA) is 59.6 Å². The molecule has 0 atom stereocenters. The second kappa shape index (κ2) is 11.1. The highest BCUT2D eigenvalue weighted by Gasteiger charge is 2.11. The van der Waals surface area contributed by atoms with Crippen LogP contribution in [0.1, 0.15) is 30.6 Å². The van der Waals surface area contributed by atoms with Crippen molar-refractivity contribution < 1.29 is 14.3 Å². The lowest BCUT2D eigenvalue weighted by atomic mass is 10.1. The van der Waals surface area contributed by atoms with Crippen LogP contribution < -0.4 is 20.1 Å². The average Bonchev–Trinajstić information content (AvgIpc) is 2.67. The third-order valence-corrected chi connectivity index (χ3v) is 3.98. The van der Waals surface area contributed by atoms with Crippen LogP contribution in [-0.2, 0) is 0 Å². The summed E-state index contributed by atoms with van der Waals surface area (Å²) in [6.45, 7) is 8.91. The Morgan fingerprint density at radius 3 is 2.71 bits per heavy atom. The minimum Gasteiger partial charge on any atom is -0.494 e. The van der Waals surface area contributed by atoms with Crippen LogP contribution in [-0.4, -0.2) is 24.2 Å². The molecule has 1 amide bonds. The van der Waals surface area contributed by atoms with Crippen LogP contribution in [0, 0.1) is 5.92 Å². The molecule has 0 aliphatic heterocycles. The lowest BCUT2D eigenvalue weighted by Crippen LogP contribution is -2.34. The summed E-state index contributed by atoms with van der Waals surface area (Å²) in [4.78, 5) is 12.5. The number of anilines is 1. The molecule has 2 aromatic rings. The predicted molar refractivity (Wildman–Crippen MR) is 117 cm³/mol. The number of para-hydroxylation sites is 2. The number of rotatable bonds is 9. The standard InChI is InChI=1S/C22H26N2O3S/c1-4-13-27-20-11-6-5-10-19(20)23-22(28)24-21(25)17-8-7-9-18(15-17)26-14-12-16(2)3/h4-11,15-16H,1,12-14H2,2-3H3,(H2,23,24,25,28). The van der Waals surface area contributed by atoms with Gasteiger partial charge in [0.1, 0.15) is 18.1 Å². The van der Waals surface area contributed by atoms with Crippen LogP contribution in [0.5, 0.6) is 11.5 Å². The molecule has 148 valence electrons. The number of benzene rings is 2. The van der Waals surface area contributed by atoms with Gasteiger partial charge in [-0.25, -0.2) is 0 Å². The van der Waals surface area contributed by atoms with Crippen molar-refractivity contribution in [2.45, 2.75) is 20.3 Å². The van der Waals surface area contributed by atoms with E-state index in [-0.39, 0.29) is 11.0 Å². The fourth-order valence-electron chi connectivity index (χ4n) is 2.31. The summed E-state index contributed by atoms with van der Waals surface area (Å²) in [7, 11) is 0. The van der Waals surface area contributed by atoms with E-state index in [1.54, 1.807) is 24.3 Å². The Morgan fingerprint density at radius 1 is 1.18 bits per heavy atom. The van der Waals surface area contributed by atoms with E-state index in [0.29, 0.717) is 41.9 Å². The first-order valence-corrected chi connectivity index (χ1v) is 9.58. The number of carbonyl (C=O) groups excluding carboxylic acids is 1. The van der Waals surface area contributed by atoms with Crippen molar-refractivity contribution in [2.24, 2.45) is 5.92 Å². The molecule has 0 saturated heterocycles. The van der Waals surface area contributed by atoms with Gasteiger partial charge in [0.25, 0.3) is 5.91 Å². The van der Waals surface area contributed by atoms with Gasteiger partial charge in [0, 0.05) is 5.56 Å². The Morgan fingerprint density at radius 2 is 1.96 bits per heavy atom. The highest BCUT2D eigenvalue weighted by Crippen LogP contribution is 2.23. The molecule has 6 heteroatoms. The van der Waals surface area contributed by atoms with E-state index in [1.165, 1.54) is 0 Å². The molecule has 2 N–H and O–H groups in total. The third-order valence-electron chi connectivity index (χ3n) is 3.78. The second-order valence-corrected chi connectivity index (χ2v) is 6.97. The molecule has 0 bridgehead atoms. The molecule has 0 aromatic heterocycles. The van der Waals surface area contributed by atoms with Crippen molar-refractivity contribution in [3.8, 4) is 11.5 Å². The first-order valence-electron chi connectivity index (χ1n) is 9.17. The number of thiocarbonyl (C=S) groups is 1. The zero-order chi connectivity index (χ0) is 20.4. The smallest absolute Gasteiger partial charge is 0.257 e. The fraction of sp³-hybridized carbons (Fsp3) is 0.273. The van der Waals surface area contributed by atoms with Crippen molar-refractivity contribution >= 4 is 28.9 Å².